The van der Waals surface area contributed by atoms with Crippen LogP contribution in [0, 0.1) is 6.92 Å². The maximum atomic E-state index is 5.43. The maximum Gasteiger partial charge on any atom is 0.131 e. The van der Waals surface area contributed by atoms with Gasteiger partial charge in [0.15, 0.2) is 0 Å². The number of hydrogen-bond acceptors (Lipinski definition) is 5. The van der Waals surface area contributed by atoms with Crippen molar-refractivity contribution < 1.29 is 0 Å². The average Bonchev–Trinajstić information content (AvgIpc) is 2.26. The first kappa shape index (κ1) is 12.7. The van der Waals surface area contributed by atoms with Gasteiger partial charge in [0.25, 0.3) is 0 Å². The summed E-state index contributed by atoms with van der Waals surface area (Å²) >= 11 is 0. The first-order chi connectivity index (χ1) is 7.76. The van der Waals surface area contributed by atoms with Crippen LogP contribution in [0.1, 0.15) is 25.6 Å². The molecule has 0 atom stereocenters. The molecular weight excluding hydrogens is 202 g/mol. The number of aryl methyl sites for hydroxylation is 1. The van der Waals surface area contributed by atoms with Crippen LogP contribution < -0.4 is 16.4 Å². The molecule has 0 radical (unpaired) electrons. The molecule has 0 aliphatic rings. The highest BCUT2D eigenvalue weighted by atomic mass is 15.1. The molecule has 0 aromatic carbocycles. The first-order valence-electron chi connectivity index (χ1n) is 5.79. The van der Waals surface area contributed by atoms with E-state index in [1.54, 1.807) is 0 Å². The second-order valence-corrected chi connectivity index (χ2v) is 3.68. The first-order valence-corrected chi connectivity index (χ1v) is 5.79. The van der Waals surface area contributed by atoms with Crippen LogP contribution in [0.3, 0.4) is 0 Å². The summed E-state index contributed by atoms with van der Waals surface area (Å²) in [6.45, 7) is 6.49. The van der Waals surface area contributed by atoms with E-state index in [2.05, 4.69) is 27.5 Å². The Morgan fingerprint density at radius 3 is 2.38 bits per heavy atom. The highest BCUT2D eigenvalue weighted by molar-refractivity contribution is 5.47. The number of hydrogen-bond donors (Lipinski definition) is 3. The van der Waals surface area contributed by atoms with Crippen molar-refractivity contribution in [3.05, 3.63) is 11.9 Å². The highest BCUT2D eigenvalue weighted by Gasteiger charge is 2.00. The van der Waals surface area contributed by atoms with Gasteiger partial charge in [0.05, 0.1) is 0 Å². The molecule has 0 saturated heterocycles. The molecule has 0 aliphatic heterocycles. The molecule has 0 amide bonds. The number of nitrogens with two attached hydrogens (primary N) is 1. The van der Waals surface area contributed by atoms with Gasteiger partial charge < -0.3 is 16.4 Å². The van der Waals surface area contributed by atoms with E-state index in [4.69, 9.17) is 5.73 Å². The van der Waals surface area contributed by atoms with Crippen molar-refractivity contribution in [1.82, 2.24) is 9.97 Å². The van der Waals surface area contributed by atoms with E-state index in [0.717, 1.165) is 43.4 Å². The zero-order valence-corrected chi connectivity index (χ0v) is 10.1. The third-order valence-corrected chi connectivity index (χ3v) is 2.08. The minimum atomic E-state index is 0.692. The van der Waals surface area contributed by atoms with Crippen LogP contribution in [0.4, 0.5) is 11.6 Å². The van der Waals surface area contributed by atoms with Crippen LogP contribution in [-0.2, 0) is 0 Å². The largest absolute Gasteiger partial charge is 0.370 e. The Labute approximate surface area is 96.9 Å². The summed E-state index contributed by atoms with van der Waals surface area (Å²) in [7, 11) is 0. The second kappa shape index (κ2) is 7.00. The molecule has 0 aliphatic carbocycles. The lowest BCUT2D eigenvalue weighted by Crippen LogP contribution is -2.11. The van der Waals surface area contributed by atoms with Crippen molar-refractivity contribution in [3.63, 3.8) is 0 Å². The van der Waals surface area contributed by atoms with E-state index in [1.165, 1.54) is 0 Å². The SMILES string of the molecule is CCCNc1cc(NCCCN)nc(C)n1. The standard InChI is InChI=1S/C11H21N5/c1-3-6-13-10-8-11(14-7-4-5-12)16-9(2)15-10/h8H,3-7,12H2,1-2H3,(H2,13,14,15,16). The summed E-state index contributed by atoms with van der Waals surface area (Å²) < 4.78 is 0. The smallest absolute Gasteiger partial charge is 0.131 e. The Morgan fingerprint density at radius 2 is 1.81 bits per heavy atom. The monoisotopic (exact) mass is 223 g/mol. The minimum Gasteiger partial charge on any atom is -0.370 e. The van der Waals surface area contributed by atoms with E-state index < -0.39 is 0 Å². The predicted octanol–water partition coefficient (Wildman–Crippen LogP) is 1.37. The summed E-state index contributed by atoms with van der Waals surface area (Å²) in [6, 6.07) is 1.93. The Morgan fingerprint density at radius 1 is 1.19 bits per heavy atom. The molecule has 90 valence electrons. The van der Waals surface area contributed by atoms with Gasteiger partial charge in [0, 0.05) is 19.2 Å². The average molecular weight is 223 g/mol. The van der Waals surface area contributed by atoms with Crippen LogP contribution in [-0.4, -0.2) is 29.6 Å². The number of nitrogens with zero attached hydrogens (tertiary/aromatic N) is 2. The third kappa shape index (κ3) is 4.44. The molecule has 0 bridgehead atoms. The summed E-state index contributed by atoms with van der Waals surface area (Å²) in [4.78, 5) is 8.62. The summed E-state index contributed by atoms with van der Waals surface area (Å²) in [5.74, 6) is 2.51. The minimum absolute atomic E-state index is 0.692. The Bertz CT molecular complexity index is 313. The molecule has 0 fully saturated rings. The second-order valence-electron chi connectivity index (χ2n) is 3.68. The van der Waals surface area contributed by atoms with Crippen molar-refractivity contribution in [1.29, 1.82) is 0 Å². The van der Waals surface area contributed by atoms with Gasteiger partial charge in [-0.05, 0) is 26.3 Å². The van der Waals surface area contributed by atoms with E-state index >= 15 is 0 Å². The quantitative estimate of drug-likeness (QED) is 0.609. The topological polar surface area (TPSA) is 75.9 Å². The van der Waals surface area contributed by atoms with Gasteiger partial charge in [-0.15, -0.1) is 0 Å². The molecular formula is C11H21N5. The highest BCUT2D eigenvalue weighted by Crippen LogP contribution is 2.10. The normalized spacial score (nSPS) is 10.2. The maximum absolute atomic E-state index is 5.43. The van der Waals surface area contributed by atoms with Crippen molar-refractivity contribution in [2.75, 3.05) is 30.3 Å². The van der Waals surface area contributed by atoms with E-state index in [9.17, 15) is 0 Å². The van der Waals surface area contributed by atoms with Gasteiger partial charge in [-0.2, -0.15) is 0 Å². The lowest BCUT2D eigenvalue weighted by Gasteiger charge is -2.09. The van der Waals surface area contributed by atoms with Crippen LogP contribution >= 0.6 is 0 Å². The molecule has 1 aromatic rings. The Kier molecular flexibility index (Phi) is 5.56. The Hall–Kier alpha value is -1.36. The van der Waals surface area contributed by atoms with Crippen LogP contribution in [0.15, 0.2) is 6.07 Å². The fourth-order valence-electron chi connectivity index (χ4n) is 1.32. The summed E-state index contributed by atoms with van der Waals surface area (Å²) in [6.07, 6.45) is 2.03. The van der Waals surface area contributed by atoms with Crippen molar-refractivity contribution in [3.8, 4) is 0 Å². The number of rotatable bonds is 7. The van der Waals surface area contributed by atoms with Gasteiger partial charge >= 0.3 is 0 Å². The van der Waals surface area contributed by atoms with Crippen LogP contribution in [0.2, 0.25) is 0 Å². The summed E-state index contributed by atoms with van der Waals surface area (Å²) in [5, 5.41) is 6.48. The molecule has 5 nitrogen and oxygen atoms in total. The van der Waals surface area contributed by atoms with Crippen molar-refractivity contribution in [2.24, 2.45) is 5.73 Å². The molecule has 5 heteroatoms. The van der Waals surface area contributed by atoms with E-state index in [0.29, 0.717) is 6.54 Å². The fourth-order valence-corrected chi connectivity index (χ4v) is 1.32. The molecule has 0 saturated carbocycles. The summed E-state index contributed by atoms with van der Waals surface area (Å²) in [5.41, 5.74) is 5.43. The molecule has 4 N–H and O–H groups in total. The van der Waals surface area contributed by atoms with Crippen LogP contribution in [0.5, 0.6) is 0 Å². The number of anilines is 2. The molecule has 1 aromatic heterocycles. The molecule has 0 unspecified atom stereocenters. The van der Waals surface area contributed by atoms with Gasteiger partial charge in [-0.25, -0.2) is 9.97 Å². The molecule has 16 heavy (non-hydrogen) atoms. The van der Waals surface area contributed by atoms with Crippen molar-refractivity contribution >= 4 is 11.6 Å². The third-order valence-electron chi connectivity index (χ3n) is 2.08. The van der Waals surface area contributed by atoms with Gasteiger partial charge in [-0.1, -0.05) is 6.92 Å². The van der Waals surface area contributed by atoms with E-state index in [1.807, 2.05) is 13.0 Å². The van der Waals surface area contributed by atoms with E-state index in [-0.39, 0.29) is 0 Å². The zero-order valence-electron chi connectivity index (χ0n) is 10.1. The van der Waals surface area contributed by atoms with Crippen molar-refractivity contribution in [2.45, 2.75) is 26.7 Å². The van der Waals surface area contributed by atoms with Gasteiger partial charge in [0.1, 0.15) is 17.5 Å². The molecule has 1 heterocycles. The molecule has 1 rings (SSSR count). The number of nitrogens with one attached hydrogen (secondary N) is 2. The number of aromatic nitrogens is 2. The zero-order chi connectivity index (χ0) is 11.8. The lowest BCUT2D eigenvalue weighted by atomic mass is 10.4. The predicted molar refractivity (Wildman–Crippen MR) is 67.7 cm³/mol. The fraction of sp³-hybridized carbons (Fsp3) is 0.636. The van der Waals surface area contributed by atoms with Crippen LogP contribution in [0.25, 0.3) is 0 Å². The van der Waals surface area contributed by atoms with Gasteiger partial charge in [-0.3, -0.25) is 0 Å². The Balaban J connectivity index is 2.58. The van der Waals surface area contributed by atoms with Gasteiger partial charge in [0.2, 0.25) is 0 Å². The molecule has 0 spiro atoms. The lowest BCUT2D eigenvalue weighted by molar-refractivity contribution is 0.866.